The Labute approximate surface area is 226 Å². The molecule has 1 aliphatic rings. The first kappa shape index (κ1) is 29.7. The number of alkyl halides is 5. The van der Waals surface area contributed by atoms with Gasteiger partial charge in [0.05, 0.1) is 29.2 Å². The van der Waals surface area contributed by atoms with Crippen LogP contribution in [-0.4, -0.2) is 18.9 Å². The van der Waals surface area contributed by atoms with Gasteiger partial charge in [-0.05, 0) is 54.5 Å². The van der Waals surface area contributed by atoms with Gasteiger partial charge in [0.2, 0.25) is 0 Å². The van der Waals surface area contributed by atoms with Gasteiger partial charge in [-0.3, -0.25) is 0 Å². The number of hydrogen-bond donors (Lipinski definition) is 0. The quantitative estimate of drug-likeness (QED) is 0.153. The summed E-state index contributed by atoms with van der Waals surface area (Å²) < 4.78 is 121. The highest BCUT2D eigenvalue weighted by Gasteiger charge is 2.35. The van der Waals surface area contributed by atoms with E-state index in [9.17, 15) is 35.1 Å². The second-order valence-corrected chi connectivity index (χ2v) is 9.76. The van der Waals surface area contributed by atoms with Crippen LogP contribution in [0.3, 0.4) is 0 Å². The lowest BCUT2D eigenvalue weighted by atomic mass is 9.89. The minimum Gasteiger partial charge on any atom is -0.429 e. The lowest BCUT2D eigenvalue weighted by Gasteiger charge is -2.29. The van der Waals surface area contributed by atoms with Crippen molar-refractivity contribution in [3.63, 3.8) is 0 Å². The summed E-state index contributed by atoms with van der Waals surface area (Å²) in [5.41, 5.74) is -0.988. The van der Waals surface area contributed by atoms with E-state index in [1.54, 1.807) is 12.1 Å². The number of halogens is 8. The Bertz CT molecular complexity index is 1400. The summed E-state index contributed by atoms with van der Waals surface area (Å²) in [7, 11) is 0. The molecule has 1 saturated heterocycles. The van der Waals surface area contributed by atoms with Gasteiger partial charge >= 0.3 is 12.3 Å². The number of benzene rings is 3. The molecule has 2 unspecified atom stereocenters. The van der Waals surface area contributed by atoms with Crippen LogP contribution < -0.4 is 4.74 Å². The molecule has 0 saturated carbocycles. The van der Waals surface area contributed by atoms with Crippen LogP contribution in [0.1, 0.15) is 68.1 Å². The molecule has 3 aromatic carbocycles. The Morgan fingerprint density at radius 2 is 1.65 bits per heavy atom. The molecular weight excluding hydrogens is 544 g/mol. The molecular formula is C30H26F8O2. The Balaban J connectivity index is 1.49. The number of rotatable bonds is 8. The molecule has 0 bridgehead atoms. The van der Waals surface area contributed by atoms with Crippen LogP contribution in [0.15, 0.2) is 42.5 Å². The largest absolute Gasteiger partial charge is 0.458 e. The maximum atomic E-state index is 14.9. The number of fused-ring (bicyclic) bond motifs is 1. The Kier molecular flexibility index (Phi) is 8.93. The molecule has 0 aliphatic carbocycles. The van der Waals surface area contributed by atoms with E-state index in [1.807, 2.05) is 0 Å². The SMILES string of the molecule is CCCCCC1CCC(c2ccc(C(F)(F)Oc3cc(F)c4c(F)c(C#CC(F)(F)F)c(F)cc4c3)cc2)CO1. The monoisotopic (exact) mass is 570 g/mol. The van der Waals surface area contributed by atoms with Crippen molar-refractivity contribution in [2.45, 2.75) is 69.8 Å². The molecule has 2 atom stereocenters. The number of hydrogen-bond acceptors (Lipinski definition) is 2. The van der Waals surface area contributed by atoms with Crippen LogP contribution >= 0.6 is 0 Å². The van der Waals surface area contributed by atoms with Crippen molar-refractivity contribution in [2.24, 2.45) is 0 Å². The van der Waals surface area contributed by atoms with Crippen molar-refractivity contribution in [1.82, 2.24) is 0 Å². The van der Waals surface area contributed by atoms with E-state index in [1.165, 1.54) is 18.1 Å². The minimum absolute atomic E-state index is 0.0658. The fourth-order valence-corrected chi connectivity index (χ4v) is 4.77. The van der Waals surface area contributed by atoms with E-state index in [4.69, 9.17) is 9.47 Å². The van der Waals surface area contributed by atoms with Crippen molar-refractivity contribution >= 4 is 10.8 Å². The van der Waals surface area contributed by atoms with Gasteiger partial charge < -0.3 is 9.47 Å². The maximum absolute atomic E-state index is 14.9. The molecule has 40 heavy (non-hydrogen) atoms. The normalized spacial score (nSPS) is 17.9. The molecule has 1 heterocycles. The summed E-state index contributed by atoms with van der Waals surface area (Å²) in [6.07, 6.45) is -2.59. The van der Waals surface area contributed by atoms with Gasteiger partial charge in [0.25, 0.3) is 0 Å². The van der Waals surface area contributed by atoms with E-state index in [0.717, 1.165) is 56.1 Å². The maximum Gasteiger partial charge on any atom is 0.458 e. The predicted molar refractivity (Wildman–Crippen MR) is 134 cm³/mol. The Morgan fingerprint density at radius 1 is 0.925 bits per heavy atom. The van der Waals surface area contributed by atoms with E-state index in [-0.39, 0.29) is 12.0 Å². The van der Waals surface area contributed by atoms with Crippen LogP contribution in [0.25, 0.3) is 10.8 Å². The molecule has 214 valence electrons. The summed E-state index contributed by atoms with van der Waals surface area (Å²) in [5, 5.41) is -1.44. The zero-order valence-electron chi connectivity index (χ0n) is 21.5. The van der Waals surface area contributed by atoms with Gasteiger partial charge in [0, 0.05) is 17.9 Å². The second kappa shape index (κ2) is 12.0. The predicted octanol–water partition coefficient (Wildman–Crippen LogP) is 9.14. The highest BCUT2D eigenvalue weighted by molar-refractivity contribution is 5.87. The average molecular weight is 571 g/mol. The third kappa shape index (κ3) is 7.05. The van der Waals surface area contributed by atoms with Gasteiger partial charge in [-0.25, -0.2) is 13.2 Å². The lowest BCUT2D eigenvalue weighted by Crippen LogP contribution is -2.25. The Hall–Kier alpha value is -3.32. The molecule has 10 heteroatoms. The summed E-state index contributed by atoms with van der Waals surface area (Å²) in [6.45, 7) is 2.63. The van der Waals surface area contributed by atoms with Crippen LogP contribution in [0.2, 0.25) is 0 Å². The highest BCUT2D eigenvalue weighted by atomic mass is 19.4. The van der Waals surface area contributed by atoms with Gasteiger partial charge in [0.1, 0.15) is 17.4 Å². The molecule has 0 N–H and O–H groups in total. The fourth-order valence-electron chi connectivity index (χ4n) is 4.77. The molecule has 1 aliphatic heterocycles. The van der Waals surface area contributed by atoms with Crippen LogP contribution in [0, 0.1) is 29.3 Å². The summed E-state index contributed by atoms with van der Waals surface area (Å²) in [4.78, 5) is 0. The van der Waals surface area contributed by atoms with Gasteiger partial charge in [-0.1, -0.05) is 44.2 Å². The van der Waals surface area contributed by atoms with Crippen molar-refractivity contribution < 1.29 is 44.6 Å². The smallest absolute Gasteiger partial charge is 0.429 e. The molecule has 3 aromatic rings. The van der Waals surface area contributed by atoms with Crippen molar-refractivity contribution in [2.75, 3.05) is 6.61 Å². The van der Waals surface area contributed by atoms with Crippen molar-refractivity contribution in [1.29, 1.82) is 0 Å². The van der Waals surface area contributed by atoms with Crippen LogP contribution in [0.4, 0.5) is 35.1 Å². The molecule has 0 spiro atoms. The van der Waals surface area contributed by atoms with E-state index in [0.29, 0.717) is 18.7 Å². The number of unbranched alkanes of at least 4 members (excludes halogenated alkanes) is 2. The van der Waals surface area contributed by atoms with Crippen LogP contribution in [-0.2, 0) is 10.8 Å². The van der Waals surface area contributed by atoms with E-state index < -0.39 is 57.4 Å². The molecule has 0 amide bonds. The van der Waals surface area contributed by atoms with E-state index >= 15 is 0 Å². The van der Waals surface area contributed by atoms with E-state index in [2.05, 4.69) is 6.92 Å². The molecule has 1 fully saturated rings. The van der Waals surface area contributed by atoms with Gasteiger partial charge in [-0.15, -0.1) is 0 Å². The summed E-state index contributed by atoms with van der Waals surface area (Å²) in [5.74, 6) is -3.28. The van der Waals surface area contributed by atoms with Crippen LogP contribution in [0.5, 0.6) is 5.75 Å². The van der Waals surface area contributed by atoms with Gasteiger partial charge in [-0.2, -0.15) is 22.0 Å². The summed E-state index contributed by atoms with van der Waals surface area (Å²) in [6, 6.07) is 7.19. The minimum atomic E-state index is -5.03. The Morgan fingerprint density at radius 3 is 2.27 bits per heavy atom. The highest BCUT2D eigenvalue weighted by Crippen LogP contribution is 2.37. The fraction of sp³-hybridized carbons (Fsp3) is 0.400. The van der Waals surface area contributed by atoms with Crippen molar-refractivity contribution in [3.8, 4) is 17.6 Å². The first-order valence-corrected chi connectivity index (χ1v) is 12.9. The molecule has 0 aromatic heterocycles. The molecule has 4 rings (SSSR count). The second-order valence-electron chi connectivity index (χ2n) is 9.76. The average Bonchev–Trinajstić information content (AvgIpc) is 2.88. The van der Waals surface area contributed by atoms with Gasteiger partial charge in [0.15, 0.2) is 5.82 Å². The molecule has 2 nitrogen and oxygen atoms in total. The third-order valence-electron chi connectivity index (χ3n) is 6.85. The first-order valence-electron chi connectivity index (χ1n) is 12.9. The topological polar surface area (TPSA) is 18.5 Å². The standard InChI is InChI=1S/C30H26F8O2/c1-2-3-4-5-22-11-8-19(17-39-22)18-6-9-21(10-7-18)30(37,38)40-23-14-20-15-25(31)24(12-13-29(34,35)36)28(33)27(20)26(32)16-23/h6-7,9-10,14-16,19,22H,2-5,8,11,17H2,1H3. The zero-order valence-corrected chi connectivity index (χ0v) is 21.5. The summed E-state index contributed by atoms with van der Waals surface area (Å²) >= 11 is 0. The molecule has 0 radical (unpaired) electrons. The first-order chi connectivity index (χ1) is 18.9. The zero-order chi connectivity index (χ0) is 29.1. The van der Waals surface area contributed by atoms with Crippen molar-refractivity contribution in [3.05, 3.63) is 76.6 Å². The third-order valence-corrected chi connectivity index (χ3v) is 6.85. The lowest BCUT2D eigenvalue weighted by molar-refractivity contribution is -0.185. The number of ether oxygens (including phenoxy) is 2.